The molecule has 1 aliphatic rings. The van der Waals surface area contributed by atoms with E-state index < -0.39 is 16.1 Å². The molecule has 1 fully saturated rings. The zero-order valence-corrected chi connectivity index (χ0v) is 10.7. The van der Waals surface area contributed by atoms with E-state index in [4.69, 9.17) is 44.3 Å². The second-order valence-electron chi connectivity index (χ2n) is 2.92. The standard InChI is InChI=1S/C9H5Cl3O3S/c10-9(11,12)8-14-6(7(13)15-8)4-5-2-1-3-16-5/h1-4,8H/b6-4+. The zero-order valence-electron chi connectivity index (χ0n) is 7.65. The lowest BCUT2D eigenvalue weighted by Crippen LogP contribution is -2.26. The maximum absolute atomic E-state index is 11.4. The predicted molar refractivity (Wildman–Crippen MR) is 63.6 cm³/mol. The third-order valence-electron chi connectivity index (χ3n) is 1.73. The highest BCUT2D eigenvalue weighted by Crippen LogP contribution is 2.38. The molecule has 2 heterocycles. The minimum Gasteiger partial charge on any atom is -0.443 e. The predicted octanol–water partition coefficient (Wildman–Crippen LogP) is 3.36. The molecular formula is C9H5Cl3O3S. The summed E-state index contributed by atoms with van der Waals surface area (Å²) < 4.78 is 8.09. The largest absolute Gasteiger partial charge is 0.443 e. The van der Waals surface area contributed by atoms with Gasteiger partial charge in [0.15, 0.2) is 0 Å². The average molecular weight is 300 g/mol. The topological polar surface area (TPSA) is 35.5 Å². The minimum absolute atomic E-state index is 0.0405. The minimum atomic E-state index is -1.79. The molecule has 0 aromatic carbocycles. The highest BCUT2D eigenvalue weighted by molar-refractivity contribution is 7.10. The van der Waals surface area contributed by atoms with Gasteiger partial charge in [-0.15, -0.1) is 11.3 Å². The molecule has 0 amide bonds. The first kappa shape index (κ1) is 12.0. The van der Waals surface area contributed by atoms with Crippen molar-refractivity contribution in [1.82, 2.24) is 0 Å². The van der Waals surface area contributed by atoms with Gasteiger partial charge in [0.05, 0.1) is 0 Å². The Labute approximate surface area is 110 Å². The molecule has 7 heteroatoms. The Morgan fingerprint density at radius 1 is 1.38 bits per heavy atom. The Hall–Kier alpha value is -0.420. The van der Waals surface area contributed by atoms with Crippen LogP contribution in [0.1, 0.15) is 4.88 Å². The molecule has 1 aliphatic heterocycles. The third-order valence-corrected chi connectivity index (χ3v) is 3.09. The van der Waals surface area contributed by atoms with Crippen molar-refractivity contribution in [3.63, 3.8) is 0 Å². The fourth-order valence-electron chi connectivity index (χ4n) is 1.07. The molecule has 86 valence electrons. The van der Waals surface area contributed by atoms with Crippen LogP contribution in [-0.4, -0.2) is 16.1 Å². The molecule has 1 aromatic rings. The van der Waals surface area contributed by atoms with Crippen LogP contribution >= 0.6 is 46.1 Å². The summed E-state index contributed by atoms with van der Waals surface area (Å²) in [7, 11) is 0. The molecular weight excluding hydrogens is 295 g/mol. The van der Waals surface area contributed by atoms with Gasteiger partial charge in [-0.1, -0.05) is 40.9 Å². The van der Waals surface area contributed by atoms with Crippen molar-refractivity contribution in [3.8, 4) is 0 Å². The van der Waals surface area contributed by atoms with Crippen LogP contribution < -0.4 is 0 Å². The highest BCUT2D eigenvalue weighted by Gasteiger charge is 2.44. The van der Waals surface area contributed by atoms with E-state index in [1.54, 1.807) is 6.08 Å². The molecule has 3 nitrogen and oxygen atoms in total. The number of halogens is 3. The van der Waals surface area contributed by atoms with Crippen molar-refractivity contribution < 1.29 is 14.3 Å². The number of alkyl halides is 3. The Morgan fingerprint density at radius 2 is 2.12 bits per heavy atom. The summed E-state index contributed by atoms with van der Waals surface area (Å²) in [4.78, 5) is 12.2. The van der Waals surface area contributed by atoms with E-state index in [0.717, 1.165) is 4.88 Å². The van der Waals surface area contributed by atoms with Crippen LogP contribution in [0.2, 0.25) is 0 Å². The summed E-state index contributed by atoms with van der Waals surface area (Å²) in [6.07, 6.45) is 0.347. The van der Waals surface area contributed by atoms with Crippen molar-refractivity contribution in [1.29, 1.82) is 0 Å². The zero-order chi connectivity index (χ0) is 11.8. The number of carbonyl (C=O) groups excluding carboxylic acids is 1. The van der Waals surface area contributed by atoms with Gasteiger partial charge in [-0.25, -0.2) is 4.79 Å². The molecule has 0 spiro atoms. The smallest absolute Gasteiger partial charge is 0.377 e. The number of thiophene rings is 1. The molecule has 1 atom stereocenters. The van der Waals surface area contributed by atoms with E-state index >= 15 is 0 Å². The van der Waals surface area contributed by atoms with Gasteiger partial charge in [0.1, 0.15) is 0 Å². The normalized spacial score (nSPS) is 23.3. The Kier molecular flexibility index (Phi) is 3.35. The van der Waals surface area contributed by atoms with Crippen molar-refractivity contribution in [3.05, 3.63) is 28.1 Å². The number of carbonyl (C=O) groups is 1. The van der Waals surface area contributed by atoms with Crippen LogP contribution in [0.4, 0.5) is 0 Å². The van der Waals surface area contributed by atoms with E-state index in [1.807, 2.05) is 17.5 Å². The number of rotatable bonds is 1. The SMILES string of the molecule is O=C1OC(C(Cl)(Cl)Cl)O/C1=C/c1cccs1. The van der Waals surface area contributed by atoms with E-state index in [2.05, 4.69) is 0 Å². The summed E-state index contributed by atoms with van der Waals surface area (Å²) in [6, 6.07) is 3.68. The van der Waals surface area contributed by atoms with Crippen molar-refractivity contribution in [2.45, 2.75) is 10.1 Å². The Balaban J connectivity index is 2.17. The van der Waals surface area contributed by atoms with Crippen LogP contribution in [0.25, 0.3) is 6.08 Å². The molecule has 0 aliphatic carbocycles. The van der Waals surface area contributed by atoms with Crippen molar-refractivity contribution >= 4 is 58.2 Å². The summed E-state index contributed by atoms with van der Waals surface area (Å²) in [5, 5.41) is 1.87. The van der Waals surface area contributed by atoms with Crippen molar-refractivity contribution in [2.75, 3.05) is 0 Å². The van der Waals surface area contributed by atoms with Crippen molar-refractivity contribution in [2.24, 2.45) is 0 Å². The third kappa shape index (κ3) is 2.63. The van der Waals surface area contributed by atoms with E-state index in [-0.39, 0.29) is 5.76 Å². The molecule has 1 saturated heterocycles. The van der Waals surface area contributed by atoms with Gasteiger partial charge in [0.25, 0.3) is 10.1 Å². The van der Waals surface area contributed by atoms with Gasteiger partial charge in [-0.05, 0) is 11.4 Å². The van der Waals surface area contributed by atoms with E-state index in [1.165, 1.54) is 11.3 Å². The highest BCUT2D eigenvalue weighted by atomic mass is 35.6. The first-order valence-corrected chi connectivity index (χ1v) is 6.18. The molecule has 1 aromatic heterocycles. The summed E-state index contributed by atoms with van der Waals surface area (Å²) >= 11 is 18.1. The van der Waals surface area contributed by atoms with Gasteiger partial charge in [0, 0.05) is 11.0 Å². The second-order valence-corrected chi connectivity index (χ2v) is 6.27. The van der Waals surface area contributed by atoms with Crippen LogP contribution in [0.15, 0.2) is 23.3 Å². The maximum atomic E-state index is 11.4. The fraction of sp³-hybridized carbons (Fsp3) is 0.222. The summed E-state index contributed by atoms with van der Waals surface area (Å²) in [6.45, 7) is 0. The van der Waals surface area contributed by atoms with Crippen LogP contribution in [0.3, 0.4) is 0 Å². The number of ether oxygens (including phenoxy) is 2. The monoisotopic (exact) mass is 298 g/mol. The quantitative estimate of drug-likeness (QED) is 0.453. The lowest BCUT2D eigenvalue weighted by Gasteiger charge is -2.15. The molecule has 2 rings (SSSR count). The summed E-state index contributed by atoms with van der Waals surface area (Å²) in [5.41, 5.74) is 0. The van der Waals surface area contributed by atoms with Gasteiger partial charge in [-0.2, -0.15) is 0 Å². The van der Waals surface area contributed by atoms with Gasteiger partial charge >= 0.3 is 5.97 Å². The van der Waals surface area contributed by atoms with E-state index in [0.29, 0.717) is 0 Å². The number of hydrogen-bond acceptors (Lipinski definition) is 4. The molecule has 16 heavy (non-hydrogen) atoms. The van der Waals surface area contributed by atoms with Crippen LogP contribution in [0, 0.1) is 0 Å². The number of hydrogen-bond donors (Lipinski definition) is 0. The molecule has 0 saturated carbocycles. The molecule has 1 unspecified atom stereocenters. The van der Waals surface area contributed by atoms with Gasteiger partial charge < -0.3 is 9.47 Å². The second kappa shape index (κ2) is 4.45. The fourth-order valence-corrected chi connectivity index (χ4v) is 1.99. The average Bonchev–Trinajstić information content (AvgIpc) is 2.76. The lowest BCUT2D eigenvalue weighted by atomic mass is 10.4. The number of esters is 1. The van der Waals surface area contributed by atoms with Crippen LogP contribution in [0.5, 0.6) is 0 Å². The van der Waals surface area contributed by atoms with Gasteiger partial charge in [0.2, 0.25) is 5.76 Å². The van der Waals surface area contributed by atoms with E-state index in [9.17, 15) is 4.79 Å². The lowest BCUT2D eigenvalue weighted by molar-refractivity contribution is -0.142. The maximum Gasteiger partial charge on any atom is 0.377 e. The van der Waals surface area contributed by atoms with Crippen LogP contribution in [-0.2, 0) is 14.3 Å². The first-order valence-electron chi connectivity index (χ1n) is 4.16. The summed E-state index contributed by atoms with van der Waals surface area (Å²) in [5.74, 6) is -0.594. The number of cyclic esters (lactones) is 1. The molecule has 0 radical (unpaired) electrons. The van der Waals surface area contributed by atoms with Gasteiger partial charge in [-0.3, -0.25) is 0 Å². The Bertz CT molecular complexity index is 422. The first-order chi connectivity index (χ1) is 7.47. The Morgan fingerprint density at radius 3 is 2.62 bits per heavy atom. The molecule has 0 N–H and O–H groups in total. The molecule has 0 bridgehead atoms.